The van der Waals surface area contributed by atoms with Gasteiger partial charge in [0.05, 0.1) is 12.2 Å². The van der Waals surface area contributed by atoms with Crippen molar-refractivity contribution >= 4 is 5.91 Å². The Bertz CT molecular complexity index is 297. The van der Waals surface area contributed by atoms with Crippen LogP contribution in [-0.4, -0.2) is 25.2 Å². The highest BCUT2D eigenvalue weighted by Gasteiger charge is 2.37. The molecular weight excluding hydrogens is 228 g/mol. The van der Waals surface area contributed by atoms with E-state index < -0.39 is 5.41 Å². The molecule has 1 rings (SSSR count). The summed E-state index contributed by atoms with van der Waals surface area (Å²) < 4.78 is 5.47. The number of nitrogens with one attached hydrogen (secondary N) is 1. The smallest absolute Gasteiger partial charge is 0.240 e. The highest BCUT2D eigenvalue weighted by Crippen LogP contribution is 2.29. The molecule has 1 fully saturated rings. The van der Waals surface area contributed by atoms with Crippen molar-refractivity contribution in [2.45, 2.75) is 58.5 Å². The molecule has 0 aromatic carbocycles. The number of amides is 1. The Kier molecular flexibility index (Phi) is 6.14. The van der Waals surface area contributed by atoms with Crippen molar-refractivity contribution in [1.82, 2.24) is 5.32 Å². The van der Waals surface area contributed by atoms with Gasteiger partial charge in [-0.25, -0.2) is 0 Å². The van der Waals surface area contributed by atoms with Crippen LogP contribution in [0.4, 0.5) is 0 Å². The topological polar surface area (TPSA) is 62.1 Å². The largest absolute Gasteiger partial charge is 0.376 e. The van der Waals surface area contributed by atoms with Crippen LogP contribution in [-0.2, 0) is 9.53 Å². The van der Waals surface area contributed by atoms with Gasteiger partial charge < -0.3 is 10.1 Å². The van der Waals surface area contributed by atoms with E-state index in [1.807, 2.05) is 13.8 Å². The third kappa shape index (κ3) is 3.71. The van der Waals surface area contributed by atoms with Crippen molar-refractivity contribution < 1.29 is 9.53 Å². The van der Waals surface area contributed by atoms with E-state index in [4.69, 9.17) is 4.74 Å². The second kappa shape index (κ2) is 7.38. The predicted molar refractivity (Wildman–Crippen MR) is 69.8 cm³/mol. The van der Waals surface area contributed by atoms with Gasteiger partial charge in [-0.05, 0) is 25.7 Å². The summed E-state index contributed by atoms with van der Waals surface area (Å²) in [5.41, 5.74) is -0.845. The fourth-order valence-electron chi connectivity index (χ4n) is 2.55. The fraction of sp³-hybridized carbons (Fsp3) is 0.857. The van der Waals surface area contributed by atoms with Crippen LogP contribution >= 0.6 is 0 Å². The molecule has 0 radical (unpaired) electrons. The third-order valence-corrected chi connectivity index (χ3v) is 3.52. The molecule has 18 heavy (non-hydrogen) atoms. The van der Waals surface area contributed by atoms with E-state index in [2.05, 4.69) is 11.4 Å². The number of hydrogen-bond acceptors (Lipinski definition) is 3. The maximum atomic E-state index is 12.2. The van der Waals surface area contributed by atoms with Crippen LogP contribution in [0.5, 0.6) is 0 Å². The number of ether oxygens (including phenoxy) is 1. The van der Waals surface area contributed by atoms with Crippen LogP contribution in [0.15, 0.2) is 0 Å². The minimum Gasteiger partial charge on any atom is -0.376 e. The van der Waals surface area contributed by atoms with E-state index in [1.54, 1.807) is 0 Å². The molecular formula is C14H24N2O2. The van der Waals surface area contributed by atoms with E-state index in [1.165, 1.54) is 0 Å². The summed E-state index contributed by atoms with van der Waals surface area (Å²) in [7, 11) is 0. The first-order valence-corrected chi connectivity index (χ1v) is 6.99. The molecule has 0 spiro atoms. The fourth-order valence-corrected chi connectivity index (χ4v) is 2.55. The van der Waals surface area contributed by atoms with E-state index in [0.29, 0.717) is 19.4 Å². The number of carbonyl (C=O) groups excluding carboxylic acids is 1. The summed E-state index contributed by atoms with van der Waals surface area (Å²) in [5, 5.41) is 12.3. The van der Waals surface area contributed by atoms with Crippen molar-refractivity contribution in [2.24, 2.45) is 5.41 Å². The Hall–Kier alpha value is -1.08. The first kappa shape index (κ1) is 15.0. The summed E-state index contributed by atoms with van der Waals surface area (Å²) >= 11 is 0. The maximum Gasteiger partial charge on any atom is 0.240 e. The van der Waals surface area contributed by atoms with Crippen molar-refractivity contribution in [1.29, 1.82) is 5.26 Å². The summed E-state index contributed by atoms with van der Waals surface area (Å²) in [6.07, 6.45) is 5.16. The molecule has 1 aliphatic rings. The van der Waals surface area contributed by atoms with Gasteiger partial charge in [-0.15, -0.1) is 0 Å². The zero-order valence-corrected chi connectivity index (χ0v) is 11.5. The molecule has 1 amide bonds. The summed E-state index contributed by atoms with van der Waals surface area (Å²) in [6, 6.07) is 2.24. The number of rotatable bonds is 7. The molecule has 1 N–H and O–H groups in total. The third-order valence-electron chi connectivity index (χ3n) is 3.52. The molecule has 102 valence electrons. The van der Waals surface area contributed by atoms with E-state index in [9.17, 15) is 10.1 Å². The Labute approximate surface area is 110 Å². The van der Waals surface area contributed by atoms with Crippen LogP contribution in [0.3, 0.4) is 0 Å². The van der Waals surface area contributed by atoms with Gasteiger partial charge in [0.1, 0.15) is 5.41 Å². The van der Waals surface area contributed by atoms with E-state index >= 15 is 0 Å². The van der Waals surface area contributed by atoms with Gasteiger partial charge in [-0.3, -0.25) is 4.79 Å². The minimum absolute atomic E-state index is 0.121. The number of nitriles is 1. The van der Waals surface area contributed by atoms with Gasteiger partial charge in [-0.1, -0.05) is 26.7 Å². The summed E-state index contributed by atoms with van der Waals surface area (Å²) in [5.74, 6) is -0.121. The van der Waals surface area contributed by atoms with E-state index in [-0.39, 0.29) is 12.0 Å². The number of carbonyl (C=O) groups is 1. The Balaban J connectivity index is 2.55. The van der Waals surface area contributed by atoms with Crippen LogP contribution in [0.2, 0.25) is 0 Å². The van der Waals surface area contributed by atoms with Gasteiger partial charge in [0.2, 0.25) is 5.91 Å². The zero-order chi connectivity index (χ0) is 13.4. The highest BCUT2D eigenvalue weighted by atomic mass is 16.5. The molecule has 0 saturated carbocycles. The molecule has 0 aromatic rings. The first-order chi connectivity index (χ1) is 8.68. The van der Waals surface area contributed by atoms with Crippen molar-refractivity contribution in [3.8, 4) is 6.07 Å². The minimum atomic E-state index is -0.845. The van der Waals surface area contributed by atoms with Crippen molar-refractivity contribution in [3.05, 3.63) is 0 Å². The predicted octanol–water partition coefficient (Wildman–Crippen LogP) is 2.39. The second-order valence-electron chi connectivity index (χ2n) is 5.04. The quantitative estimate of drug-likeness (QED) is 0.756. The van der Waals surface area contributed by atoms with Gasteiger partial charge in [0.25, 0.3) is 0 Å². The van der Waals surface area contributed by atoms with Crippen LogP contribution < -0.4 is 5.32 Å². The van der Waals surface area contributed by atoms with E-state index in [0.717, 1.165) is 32.3 Å². The Morgan fingerprint density at radius 3 is 2.56 bits per heavy atom. The maximum absolute atomic E-state index is 12.2. The average molecular weight is 252 g/mol. The molecule has 4 heteroatoms. The molecule has 0 aromatic heterocycles. The van der Waals surface area contributed by atoms with Crippen molar-refractivity contribution in [2.75, 3.05) is 13.2 Å². The van der Waals surface area contributed by atoms with Gasteiger partial charge in [0, 0.05) is 13.2 Å². The lowest BCUT2D eigenvalue weighted by atomic mass is 9.79. The number of nitrogens with zero attached hydrogens (tertiary/aromatic N) is 1. The molecule has 4 nitrogen and oxygen atoms in total. The second-order valence-corrected chi connectivity index (χ2v) is 5.04. The molecule has 0 aliphatic carbocycles. The SMILES string of the molecule is CCCC(C#N)(CCC)C(=O)NCC1CCCO1. The van der Waals surface area contributed by atoms with Gasteiger partial charge in [-0.2, -0.15) is 5.26 Å². The van der Waals surface area contributed by atoms with Gasteiger partial charge in [0.15, 0.2) is 0 Å². The monoisotopic (exact) mass is 252 g/mol. The number of hydrogen-bond donors (Lipinski definition) is 1. The molecule has 1 saturated heterocycles. The standard InChI is InChI=1S/C14H24N2O2/c1-3-7-14(11-15,8-4-2)13(17)16-10-12-6-5-9-18-12/h12H,3-10H2,1-2H3,(H,16,17). The lowest BCUT2D eigenvalue weighted by molar-refractivity contribution is -0.129. The first-order valence-electron chi connectivity index (χ1n) is 6.99. The lowest BCUT2D eigenvalue weighted by Crippen LogP contribution is -2.43. The van der Waals surface area contributed by atoms with Crippen molar-refractivity contribution in [3.63, 3.8) is 0 Å². The summed E-state index contributed by atoms with van der Waals surface area (Å²) in [6.45, 7) is 5.34. The molecule has 1 atom stereocenters. The molecule has 0 bridgehead atoms. The molecule has 1 heterocycles. The Morgan fingerprint density at radius 2 is 2.11 bits per heavy atom. The molecule has 1 unspecified atom stereocenters. The van der Waals surface area contributed by atoms with Crippen LogP contribution in [0, 0.1) is 16.7 Å². The lowest BCUT2D eigenvalue weighted by Gasteiger charge is -2.25. The molecule has 1 aliphatic heterocycles. The highest BCUT2D eigenvalue weighted by molar-refractivity contribution is 5.85. The average Bonchev–Trinajstić information content (AvgIpc) is 2.88. The Morgan fingerprint density at radius 1 is 1.44 bits per heavy atom. The van der Waals surface area contributed by atoms with Gasteiger partial charge >= 0.3 is 0 Å². The van der Waals surface area contributed by atoms with Crippen LogP contribution in [0.25, 0.3) is 0 Å². The van der Waals surface area contributed by atoms with Crippen LogP contribution in [0.1, 0.15) is 52.4 Å². The summed E-state index contributed by atoms with van der Waals surface area (Å²) in [4.78, 5) is 12.2. The normalized spacial score (nSPS) is 19.5. The zero-order valence-electron chi connectivity index (χ0n) is 11.5.